The second-order valence-electron chi connectivity index (χ2n) is 8.37. The highest BCUT2D eigenvalue weighted by molar-refractivity contribution is 6.06. The smallest absolute Gasteiger partial charge is 0.235 e. The number of hydrogen-bond acceptors (Lipinski definition) is 4. The van der Waals surface area contributed by atoms with Crippen LogP contribution in [0.3, 0.4) is 0 Å². The monoisotopic (exact) mass is 406 g/mol. The maximum Gasteiger partial charge on any atom is 0.235 e. The molecule has 3 saturated heterocycles. The molecule has 30 heavy (non-hydrogen) atoms. The van der Waals surface area contributed by atoms with Crippen LogP contribution in [0.25, 0.3) is 0 Å². The van der Waals surface area contributed by atoms with Gasteiger partial charge in [0.05, 0.1) is 18.4 Å². The van der Waals surface area contributed by atoms with Gasteiger partial charge in [0.15, 0.2) is 0 Å². The van der Waals surface area contributed by atoms with E-state index in [4.69, 9.17) is 11.1 Å². The molecule has 2 aromatic carbocycles. The number of nitrogens with zero attached hydrogens (tertiary/aromatic N) is 2. The minimum Gasteiger partial charge on any atom is -0.384 e. The first-order valence-corrected chi connectivity index (χ1v) is 10.3. The van der Waals surface area contributed by atoms with Crippen molar-refractivity contribution in [3.63, 3.8) is 0 Å². The van der Waals surface area contributed by atoms with Crippen LogP contribution >= 0.6 is 0 Å². The third-order valence-electron chi connectivity index (χ3n) is 6.74. The van der Waals surface area contributed by atoms with Crippen LogP contribution in [0, 0.1) is 23.1 Å². The summed E-state index contributed by atoms with van der Waals surface area (Å²) in [5.41, 5.74) is 7.78. The highest BCUT2D eigenvalue weighted by atomic mass is 19.1. The molecule has 0 saturated carbocycles. The number of amides is 2. The minimum atomic E-state index is -0.431. The van der Waals surface area contributed by atoms with Crippen molar-refractivity contribution in [1.82, 2.24) is 9.80 Å². The van der Waals surface area contributed by atoms with Crippen LogP contribution in [0.2, 0.25) is 0 Å². The standard InChI is InChI=1S/C23H23FN4O2/c24-16-4-1-3-13(11-16)12-28-22(29)18-17-5-2-10-27(17)20(19(18)23(28)30)14-6-8-15(9-7-14)21(25)26/h1,3-4,6-9,11,17-20H,2,5,10,12H2,(H3,25,26)/t17-,18-,19-,20-/m0/s1. The van der Waals surface area contributed by atoms with Crippen LogP contribution in [-0.2, 0) is 16.1 Å². The Balaban J connectivity index is 1.49. The predicted octanol–water partition coefficient (Wildman–Crippen LogP) is 2.43. The largest absolute Gasteiger partial charge is 0.384 e. The van der Waals surface area contributed by atoms with Gasteiger partial charge in [-0.2, -0.15) is 0 Å². The van der Waals surface area contributed by atoms with Gasteiger partial charge in [0.1, 0.15) is 11.7 Å². The van der Waals surface area contributed by atoms with Crippen molar-refractivity contribution < 1.29 is 14.0 Å². The summed E-state index contributed by atoms with van der Waals surface area (Å²) in [5.74, 6) is -1.49. The van der Waals surface area contributed by atoms with Crippen molar-refractivity contribution >= 4 is 17.6 Å². The fourth-order valence-electron chi connectivity index (χ4n) is 5.50. The topological polar surface area (TPSA) is 90.5 Å². The Hall–Kier alpha value is -3.06. The van der Waals surface area contributed by atoms with E-state index in [0.717, 1.165) is 24.9 Å². The van der Waals surface area contributed by atoms with E-state index in [0.29, 0.717) is 11.1 Å². The van der Waals surface area contributed by atoms with Gasteiger partial charge in [-0.1, -0.05) is 36.4 Å². The van der Waals surface area contributed by atoms with E-state index >= 15 is 0 Å². The Labute approximate surface area is 174 Å². The normalized spacial score (nSPS) is 28.1. The Bertz CT molecular complexity index is 1040. The van der Waals surface area contributed by atoms with E-state index in [1.54, 1.807) is 24.3 Å². The molecule has 0 radical (unpaired) electrons. The van der Waals surface area contributed by atoms with Crippen LogP contribution < -0.4 is 5.73 Å². The molecule has 2 amide bonds. The molecule has 4 atom stereocenters. The molecule has 2 aromatic rings. The summed E-state index contributed by atoms with van der Waals surface area (Å²) in [7, 11) is 0. The van der Waals surface area contributed by atoms with Crippen LogP contribution in [0.1, 0.15) is 35.6 Å². The van der Waals surface area contributed by atoms with E-state index in [2.05, 4.69) is 4.90 Å². The van der Waals surface area contributed by atoms with E-state index in [1.807, 2.05) is 12.1 Å². The van der Waals surface area contributed by atoms with Crippen LogP contribution in [0.4, 0.5) is 4.39 Å². The quantitative estimate of drug-likeness (QED) is 0.464. The van der Waals surface area contributed by atoms with Gasteiger partial charge in [-0.3, -0.25) is 24.8 Å². The van der Waals surface area contributed by atoms with E-state index in [9.17, 15) is 14.0 Å². The van der Waals surface area contributed by atoms with Crippen molar-refractivity contribution in [1.29, 1.82) is 5.41 Å². The number of nitrogens with one attached hydrogen (secondary N) is 1. The van der Waals surface area contributed by atoms with E-state index in [1.165, 1.54) is 17.0 Å². The SMILES string of the molecule is N=C(N)c1ccc([C@H]2[C@H]3C(=O)N(Cc4cccc(F)c4)C(=O)[C@H]3[C@@H]3CCCN32)cc1. The van der Waals surface area contributed by atoms with Gasteiger partial charge in [0, 0.05) is 17.6 Å². The average molecular weight is 406 g/mol. The minimum absolute atomic E-state index is 0.00159. The molecule has 6 nitrogen and oxygen atoms in total. The number of hydrogen-bond donors (Lipinski definition) is 2. The Kier molecular flexibility index (Phi) is 4.43. The number of fused-ring (bicyclic) bond motifs is 3. The third-order valence-corrected chi connectivity index (χ3v) is 6.74. The summed E-state index contributed by atoms with van der Waals surface area (Å²) < 4.78 is 13.6. The molecule has 0 bridgehead atoms. The Morgan fingerprint density at radius 3 is 2.53 bits per heavy atom. The highest BCUT2D eigenvalue weighted by Gasteiger charge is 2.62. The molecule has 3 N–H and O–H groups in total. The van der Waals surface area contributed by atoms with Gasteiger partial charge in [0.2, 0.25) is 11.8 Å². The Morgan fingerprint density at radius 2 is 1.83 bits per heavy atom. The fraction of sp³-hybridized carbons (Fsp3) is 0.348. The van der Waals surface area contributed by atoms with Gasteiger partial charge < -0.3 is 5.73 Å². The number of carbonyl (C=O) groups excluding carboxylic acids is 2. The summed E-state index contributed by atoms with van der Waals surface area (Å²) in [4.78, 5) is 30.3. The lowest BCUT2D eigenvalue weighted by atomic mass is 9.85. The second-order valence-corrected chi connectivity index (χ2v) is 8.37. The zero-order valence-corrected chi connectivity index (χ0v) is 16.4. The van der Waals surface area contributed by atoms with Crippen molar-refractivity contribution in [2.45, 2.75) is 31.5 Å². The number of nitrogens with two attached hydrogens (primary N) is 1. The van der Waals surface area contributed by atoms with Crippen molar-refractivity contribution in [3.05, 3.63) is 71.0 Å². The maximum atomic E-state index is 13.6. The number of benzene rings is 2. The molecule has 3 aliphatic rings. The summed E-state index contributed by atoms with van der Waals surface area (Å²) in [6.07, 6.45) is 1.90. The highest BCUT2D eigenvalue weighted by Crippen LogP contribution is 2.53. The summed E-state index contributed by atoms with van der Waals surface area (Å²) in [6, 6.07) is 13.3. The molecular formula is C23H23FN4O2. The number of imide groups is 1. The first kappa shape index (κ1) is 18.9. The molecule has 3 aliphatic heterocycles. The van der Waals surface area contributed by atoms with Gasteiger partial charge in [0.25, 0.3) is 0 Å². The van der Waals surface area contributed by atoms with Crippen molar-refractivity contribution in [2.24, 2.45) is 17.6 Å². The fourth-order valence-corrected chi connectivity index (χ4v) is 5.50. The number of amidine groups is 1. The molecule has 5 rings (SSSR count). The average Bonchev–Trinajstić information content (AvgIpc) is 3.37. The lowest BCUT2D eigenvalue weighted by Crippen LogP contribution is -2.38. The van der Waals surface area contributed by atoms with Crippen molar-refractivity contribution in [3.8, 4) is 0 Å². The molecule has 0 aliphatic carbocycles. The van der Waals surface area contributed by atoms with Gasteiger partial charge in [-0.05, 0) is 42.6 Å². The molecular weight excluding hydrogens is 383 g/mol. The predicted molar refractivity (Wildman–Crippen MR) is 109 cm³/mol. The van der Waals surface area contributed by atoms with Crippen molar-refractivity contribution in [2.75, 3.05) is 6.54 Å². The lowest BCUT2D eigenvalue weighted by molar-refractivity contribution is -0.142. The maximum absolute atomic E-state index is 13.6. The molecule has 0 spiro atoms. The molecule has 0 unspecified atom stereocenters. The van der Waals surface area contributed by atoms with Crippen LogP contribution in [-0.4, -0.2) is 40.0 Å². The number of rotatable bonds is 4. The van der Waals surface area contributed by atoms with Crippen LogP contribution in [0.15, 0.2) is 48.5 Å². The summed E-state index contributed by atoms with van der Waals surface area (Å²) in [5, 5.41) is 7.59. The Morgan fingerprint density at radius 1 is 1.10 bits per heavy atom. The number of nitrogen functional groups attached to an aromatic ring is 1. The van der Waals surface area contributed by atoms with E-state index < -0.39 is 5.92 Å². The van der Waals surface area contributed by atoms with Gasteiger partial charge >= 0.3 is 0 Å². The molecule has 3 heterocycles. The number of halogens is 1. The molecule has 7 heteroatoms. The number of likely N-dealkylation sites (tertiary alicyclic amines) is 1. The third kappa shape index (κ3) is 2.84. The van der Waals surface area contributed by atoms with Gasteiger partial charge in [-0.25, -0.2) is 4.39 Å². The first-order valence-electron chi connectivity index (χ1n) is 10.3. The summed E-state index contributed by atoms with van der Waals surface area (Å²) >= 11 is 0. The molecule has 0 aromatic heterocycles. The second kappa shape index (κ2) is 7.02. The molecule has 3 fully saturated rings. The zero-order chi connectivity index (χ0) is 21.0. The zero-order valence-electron chi connectivity index (χ0n) is 16.4. The summed E-state index contributed by atoms with van der Waals surface area (Å²) in [6.45, 7) is 0.965. The van der Waals surface area contributed by atoms with E-state index in [-0.39, 0.29) is 48.0 Å². The first-order chi connectivity index (χ1) is 14.5. The molecule has 154 valence electrons. The number of carbonyl (C=O) groups is 2. The van der Waals surface area contributed by atoms with Gasteiger partial charge in [-0.15, -0.1) is 0 Å². The lowest BCUT2D eigenvalue weighted by Gasteiger charge is -2.29. The van der Waals surface area contributed by atoms with Crippen LogP contribution in [0.5, 0.6) is 0 Å².